The smallest absolute Gasteiger partial charge is 0.191 e. The zero-order valence-electron chi connectivity index (χ0n) is 12.5. The third kappa shape index (κ3) is 3.97. The molecule has 1 fully saturated rings. The van der Waals surface area contributed by atoms with Gasteiger partial charge in [0.25, 0.3) is 0 Å². The first kappa shape index (κ1) is 14.9. The monoisotopic (exact) mass is 275 g/mol. The minimum atomic E-state index is 0.304. The zero-order chi connectivity index (χ0) is 14.3. The second kappa shape index (κ2) is 7.29. The number of guanidine groups is 1. The maximum atomic E-state index is 5.31. The van der Waals surface area contributed by atoms with Crippen molar-refractivity contribution in [2.24, 2.45) is 4.99 Å². The number of benzene rings is 1. The van der Waals surface area contributed by atoms with Crippen molar-refractivity contribution in [3.05, 3.63) is 35.9 Å². The fourth-order valence-electron chi connectivity index (χ4n) is 2.37. The van der Waals surface area contributed by atoms with E-state index in [0.717, 1.165) is 25.7 Å². The molecule has 0 saturated heterocycles. The van der Waals surface area contributed by atoms with Crippen molar-refractivity contribution in [1.29, 1.82) is 0 Å². The molecule has 0 heterocycles. The van der Waals surface area contributed by atoms with Gasteiger partial charge >= 0.3 is 0 Å². The third-order valence-electron chi connectivity index (χ3n) is 3.80. The number of rotatable bonds is 7. The highest BCUT2D eigenvalue weighted by Gasteiger charge is 2.43. The van der Waals surface area contributed by atoms with Gasteiger partial charge in [0.15, 0.2) is 5.96 Å². The van der Waals surface area contributed by atoms with Gasteiger partial charge < -0.3 is 15.4 Å². The van der Waals surface area contributed by atoms with Crippen LogP contribution in [0.2, 0.25) is 0 Å². The van der Waals surface area contributed by atoms with E-state index >= 15 is 0 Å². The van der Waals surface area contributed by atoms with Gasteiger partial charge in [-0.25, -0.2) is 0 Å². The Morgan fingerprint density at radius 1 is 1.25 bits per heavy atom. The molecule has 0 bridgehead atoms. The fourth-order valence-corrected chi connectivity index (χ4v) is 2.37. The minimum Gasteiger partial charge on any atom is -0.380 e. The molecule has 1 aromatic carbocycles. The number of ether oxygens (including phenoxy) is 1. The van der Waals surface area contributed by atoms with Crippen molar-refractivity contribution in [3.8, 4) is 0 Å². The predicted octanol–water partition coefficient (Wildman–Crippen LogP) is 1.92. The highest BCUT2D eigenvalue weighted by Crippen LogP contribution is 2.47. The maximum Gasteiger partial charge on any atom is 0.191 e. The van der Waals surface area contributed by atoms with Crippen LogP contribution in [0.4, 0.5) is 0 Å². The van der Waals surface area contributed by atoms with E-state index in [0.29, 0.717) is 12.0 Å². The average Bonchev–Trinajstić information content (AvgIpc) is 3.29. The second-order valence-corrected chi connectivity index (χ2v) is 5.20. The van der Waals surface area contributed by atoms with Gasteiger partial charge in [-0.05, 0) is 25.3 Å². The highest BCUT2D eigenvalue weighted by atomic mass is 16.5. The normalized spacial score (nSPS) is 16.8. The van der Waals surface area contributed by atoms with Gasteiger partial charge in [0.2, 0.25) is 0 Å². The van der Waals surface area contributed by atoms with Crippen molar-refractivity contribution in [2.45, 2.75) is 25.2 Å². The van der Waals surface area contributed by atoms with Crippen LogP contribution < -0.4 is 10.6 Å². The van der Waals surface area contributed by atoms with Gasteiger partial charge in [0, 0.05) is 32.2 Å². The molecule has 20 heavy (non-hydrogen) atoms. The molecule has 2 rings (SSSR count). The van der Waals surface area contributed by atoms with Gasteiger partial charge in [-0.15, -0.1) is 0 Å². The molecule has 110 valence electrons. The molecule has 4 nitrogen and oxygen atoms in total. The topological polar surface area (TPSA) is 45.6 Å². The van der Waals surface area contributed by atoms with Gasteiger partial charge in [-0.3, -0.25) is 4.99 Å². The van der Waals surface area contributed by atoms with Gasteiger partial charge in [-0.1, -0.05) is 30.3 Å². The average molecular weight is 275 g/mol. The lowest BCUT2D eigenvalue weighted by Crippen LogP contribution is -2.42. The summed E-state index contributed by atoms with van der Waals surface area (Å²) in [6, 6.07) is 10.7. The summed E-state index contributed by atoms with van der Waals surface area (Å²) in [5.74, 6) is 0.854. The molecule has 0 atom stereocenters. The Labute approximate surface area is 121 Å². The third-order valence-corrected chi connectivity index (χ3v) is 3.80. The first-order valence-electron chi connectivity index (χ1n) is 7.38. The van der Waals surface area contributed by atoms with E-state index in [-0.39, 0.29) is 0 Å². The summed E-state index contributed by atoms with van der Waals surface area (Å²) in [6.45, 7) is 5.19. The molecule has 2 N–H and O–H groups in total. The van der Waals surface area contributed by atoms with Crippen molar-refractivity contribution >= 4 is 5.96 Å². The number of nitrogens with one attached hydrogen (secondary N) is 2. The summed E-state index contributed by atoms with van der Waals surface area (Å²) in [4.78, 5) is 4.25. The van der Waals surface area contributed by atoms with Crippen molar-refractivity contribution in [2.75, 3.05) is 33.4 Å². The van der Waals surface area contributed by atoms with E-state index in [1.54, 1.807) is 7.05 Å². The lowest BCUT2D eigenvalue weighted by Gasteiger charge is -2.19. The molecule has 0 unspecified atom stereocenters. The summed E-state index contributed by atoms with van der Waals surface area (Å²) in [7, 11) is 1.80. The van der Waals surface area contributed by atoms with Crippen LogP contribution >= 0.6 is 0 Å². The SMILES string of the molecule is CCOCCNC(=NC)NCC1(c2ccccc2)CC1. The lowest BCUT2D eigenvalue weighted by atomic mass is 9.96. The predicted molar refractivity (Wildman–Crippen MR) is 83.2 cm³/mol. The molecule has 1 aliphatic rings. The first-order chi connectivity index (χ1) is 9.80. The van der Waals surface area contributed by atoms with E-state index in [2.05, 4.69) is 46.0 Å². The van der Waals surface area contributed by atoms with Gasteiger partial charge in [-0.2, -0.15) is 0 Å². The Morgan fingerprint density at radius 2 is 2.00 bits per heavy atom. The van der Waals surface area contributed by atoms with E-state index in [1.165, 1.54) is 18.4 Å². The fraction of sp³-hybridized carbons (Fsp3) is 0.562. The zero-order valence-corrected chi connectivity index (χ0v) is 12.5. The number of hydrogen-bond acceptors (Lipinski definition) is 2. The summed E-state index contributed by atoms with van der Waals surface area (Å²) < 4.78 is 5.31. The number of aliphatic imine (C=N–C) groups is 1. The van der Waals surface area contributed by atoms with Crippen LogP contribution in [0.25, 0.3) is 0 Å². The Balaban J connectivity index is 1.79. The van der Waals surface area contributed by atoms with Crippen molar-refractivity contribution in [1.82, 2.24) is 10.6 Å². The van der Waals surface area contributed by atoms with Crippen molar-refractivity contribution in [3.63, 3.8) is 0 Å². The quantitative estimate of drug-likeness (QED) is 0.454. The molecule has 4 heteroatoms. The molecule has 0 spiro atoms. The Kier molecular flexibility index (Phi) is 5.41. The van der Waals surface area contributed by atoms with Crippen LogP contribution in [-0.4, -0.2) is 39.3 Å². The Bertz CT molecular complexity index is 427. The molecule has 1 aliphatic carbocycles. The van der Waals surface area contributed by atoms with E-state index in [1.807, 2.05) is 6.92 Å². The van der Waals surface area contributed by atoms with E-state index in [9.17, 15) is 0 Å². The van der Waals surface area contributed by atoms with E-state index < -0.39 is 0 Å². The maximum absolute atomic E-state index is 5.31. The highest BCUT2D eigenvalue weighted by molar-refractivity contribution is 5.79. The largest absolute Gasteiger partial charge is 0.380 e. The van der Waals surface area contributed by atoms with Gasteiger partial charge in [0.1, 0.15) is 0 Å². The summed E-state index contributed by atoms with van der Waals surface area (Å²) >= 11 is 0. The molecule has 1 saturated carbocycles. The van der Waals surface area contributed by atoms with Gasteiger partial charge in [0.05, 0.1) is 6.61 Å². The van der Waals surface area contributed by atoms with Crippen LogP contribution in [0, 0.1) is 0 Å². The molecular formula is C16H25N3O. The lowest BCUT2D eigenvalue weighted by molar-refractivity contribution is 0.152. The number of nitrogens with zero attached hydrogens (tertiary/aromatic N) is 1. The minimum absolute atomic E-state index is 0.304. The molecule has 0 radical (unpaired) electrons. The molecule has 0 aromatic heterocycles. The Morgan fingerprint density at radius 3 is 2.60 bits per heavy atom. The summed E-state index contributed by atoms with van der Waals surface area (Å²) in [6.07, 6.45) is 2.50. The van der Waals surface area contributed by atoms with Crippen LogP contribution in [0.5, 0.6) is 0 Å². The first-order valence-corrected chi connectivity index (χ1v) is 7.38. The van der Waals surface area contributed by atoms with Crippen LogP contribution in [0.1, 0.15) is 25.3 Å². The van der Waals surface area contributed by atoms with Crippen LogP contribution in [0.3, 0.4) is 0 Å². The summed E-state index contributed by atoms with van der Waals surface area (Å²) in [5, 5.41) is 6.70. The van der Waals surface area contributed by atoms with Crippen LogP contribution in [-0.2, 0) is 10.2 Å². The molecular weight excluding hydrogens is 250 g/mol. The van der Waals surface area contributed by atoms with Crippen molar-refractivity contribution < 1.29 is 4.74 Å². The molecule has 1 aromatic rings. The number of hydrogen-bond donors (Lipinski definition) is 2. The Hall–Kier alpha value is -1.55. The van der Waals surface area contributed by atoms with Crippen LogP contribution in [0.15, 0.2) is 35.3 Å². The molecule has 0 amide bonds. The summed E-state index contributed by atoms with van der Waals surface area (Å²) in [5.41, 5.74) is 1.73. The standard InChI is InChI=1S/C16H25N3O/c1-3-20-12-11-18-15(17-2)19-13-16(9-10-16)14-7-5-4-6-8-14/h4-8H,3,9-13H2,1-2H3,(H2,17,18,19). The molecule has 0 aliphatic heterocycles. The second-order valence-electron chi connectivity index (χ2n) is 5.20. The van der Waals surface area contributed by atoms with E-state index in [4.69, 9.17) is 4.74 Å².